The number of hydrogen-bond donors (Lipinski definition) is 1. The first-order valence-corrected chi connectivity index (χ1v) is 16.2. The number of anilines is 2. The fourth-order valence-electron chi connectivity index (χ4n) is 5.46. The van der Waals surface area contributed by atoms with Gasteiger partial charge in [-0.15, -0.1) is 0 Å². The van der Waals surface area contributed by atoms with Crippen LogP contribution >= 0.6 is 11.6 Å². The number of carbonyl (C=O) groups is 1. The van der Waals surface area contributed by atoms with Crippen LogP contribution in [-0.4, -0.2) is 53.9 Å². The van der Waals surface area contributed by atoms with Gasteiger partial charge in [-0.3, -0.25) is 4.98 Å². The predicted octanol–water partition coefficient (Wildman–Crippen LogP) is 8.34. The molecule has 3 heterocycles. The average molecular weight is 637 g/mol. The summed E-state index contributed by atoms with van der Waals surface area (Å²) in [7, 11) is 0. The van der Waals surface area contributed by atoms with Crippen LogP contribution in [0.1, 0.15) is 84.2 Å². The van der Waals surface area contributed by atoms with Gasteiger partial charge in [-0.05, 0) is 103 Å². The summed E-state index contributed by atoms with van der Waals surface area (Å²) in [5, 5.41) is 4.03. The van der Waals surface area contributed by atoms with Gasteiger partial charge in [0.15, 0.2) is 6.10 Å². The molecule has 0 amide bonds. The molecule has 4 rings (SSSR count). The summed E-state index contributed by atoms with van der Waals surface area (Å²) in [5.74, 6) is 1.15. The summed E-state index contributed by atoms with van der Waals surface area (Å²) >= 11 is 6.06. The molecule has 1 N–H and O–H groups in total. The molecule has 45 heavy (non-hydrogen) atoms. The Morgan fingerprint density at radius 3 is 2.38 bits per heavy atom. The van der Waals surface area contributed by atoms with Crippen molar-refractivity contribution in [3.63, 3.8) is 0 Å². The van der Waals surface area contributed by atoms with Crippen LogP contribution in [0.3, 0.4) is 0 Å². The summed E-state index contributed by atoms with van der Waals surface area (Å²) in [6, 6.07) is 9.60. The molecule has 0 saturated carbocycles. The first-order chi connectivity index (χ1) is 21.1. The molecule has 0 spiro atoms. The molecule has 1 saturated heterocycles. The summed E-state index contributed by atoms with van der Waals surface area (Å²) in [5.41, 5.74) is 4.94. The molecule has 1 fully saturated rings. The van der Waals surface area contributed by atoms with E-state index in [-0.39, 0.29) is 11.5 Å². The van der Waals surface area contributed by atoms with Crippen LogP contribution in [0, 0.1) is 19.3 Å². The fraction of sp³-hybridized carbons (Fsp3) is 0.528. The van der Waals surface area contributed by atoms with E-state index in [0.717, 1.165) is 71.1 Å². The molecule has 0 unspecified atom stereocenters. The van der Waals surface area contributed by atoms with Crippen molar-refractivity contribution in [3.8, 4) is 16.9 Å². The van der Waals surface area contributed by atoms with Gasteiger partial charge in [0.05, 0.1) is 23.9 Å². The molecular weight excluding hydrogens is 588 g/mol. The molecule has 0 bridgehead atoms. The molecule has 3 aromatic rings. The molecule has 1 aromatic carbocycles. The van der Waals surface area contributed by atoms with Gasteiger partial charge >= 0.3 is 5.97 Å². The van der Waals surface area contributed by atoms with E-state index in [1.807, 2.05) is 91.2 Å². The lowest BCUT2D eigenvalue weighted by Crippen LogP contribution is -2.39. The second-order valence-electron chi connectivity index (χ2n) is 13.9. The Hall–Kier alpha value is -3.36. The zero-order valence-electron chi connectivity index (χ0n) is 28.3. The second kappa shape index (κ2) is 14.4. The van der Waals surface area contributed by atoms with Crippen LogP contribution in [0.25, 0.3) is 11.1 Å². The lowest BCUT2D eigenvalue weighted by molar-refractivity contribution is -0.171. The van der Waals surface area contributed by atoms with Crippen molar-refractivity contribution in [2.45, 2.75) is 93.0 Å². The summed E-state index contributed by atoms with van der Waals surface area (Å²) in [4.78, 5) is 25.5. The lowest BCUT2D eigenvalue weighted by Gasteiger charge is -2.41. The Morgan fingerprint density at radius 1 is 1.07 bits per heavy atom. The van der Waals surface area contributed by atoms with E-state index in [4.69, 9.17) is 35.8 Å². The molecule has 2 aromatic heterocycles. The van der Waals surface area contributed by atoms with Crippen molar-refractivity contribution in [1.29, 1.82) is 0 Å². The van der Waals surface area contributed by atoms with E-state index >= 15 is 0 Å². The van der Waals surface area contributed by atoms with Crippen molar-refractivity contribution in [2.24, 2.45) is 5.41 Å². The van der Waals surface area contributed by atoms with Crippen LogP contribution in [0.4, 0.5) is 11.5 Å². The van der Waals surface area contributed by atoms with E-state index in [9.17, 15) is 4.79 Å². The fourth-order valence-corrected chi connectivity index (χ4v) is 5.68. The third kappa shape index (κ3) is 9.33. The van der Waals surface area contributed by atoms with E-state index in [2.05, 4.69) is 24.1 Å². The number of halogens is 1. The number of piperidine rings is 1. The van der Waals surface area contributed by atoms with Gasteiger partial charge < -0.3 is 24.4 Å². The smallest absolute Gasteiger partial charge is 0.340 e. The van der Waals surface area contributed by atoms with Crippen molar-refractivity contribution >= 4 is 29.1 Å². The molecule has 0 aliphatic carbocycles. The minimum absolute atomic E-state index is 0.252. The van der Waals surface area contributed by atoms with Crippen LogP contribution in [-0.2, 0) is 14.3 Å². The maximum atomic E-state index is 13.6. The van der Waals surface area contributed by atoms with E-state index < -0.39 is 17.7 Å². The third-order valence-electron chi connectivity index (χ3n) is 7.90. The summed E-state index contributed by atoms with van der Waals surface area (Å²) in [6.07, 6.45) is 4.61. The van der Waals surface area contributed by atoms with Gasteiger partial charge in [0.2, 0.25) is 0 Å². The number of esters is 1. The number of carbonyl (C=O) groups excluding carboxylic acids is 1. The number of hydrogen-bond acceptors (Lipinski definition) is 8. The molecule has 8 nitrogen and oxygen atoms in total. The first-order valence-electron chi connectivity index (χ1n) is 15.9. The second-order valence-corrected chi connectivity index (χ2v) is 14.3. The van der Waals surface area contributed by atoms with E-state index in [1.165, 1.54) is 0 Å². The highest BCUT2D eigenvalue weighted by Gasteiger charge is 2.37. The van der Waals surface area contributed by atoms with Gasteiger partial charge in [-0.2, -0.15) is 0 Å². The van der Waals surface area contributed by atoms with Crippen LogP contribution in [0.2, 0.25) is 5.02 Å². The van der Waals surface area contributed by atoms with Crippen LogP contribution < -0.4 is 15.0 Å². The van der Waals surface area contributed by atoms with Gasteiger partial charge in [-0.25, -0.2) is 9.78 Å². The number of pyridine rings is 2. The maximum Gasteiger partial charge on any atom is 0.340 e. The summed E-state index contributed by atoms with van der Waals surface area (Å²) in [6.45, 7) is 20.9. The summed E-state index contributed by atoms with van der Waals surface area (Å²) < 4.78 is 18.1. The minimum Gasteiger partial charge on any atom is -0.491 e. The Morgan fingerprint density at radius 2 is 1.78 bits per heavy atom. The van der Waals surface area contributed by atoms with Crippen LogP contribution in [0.5, 0.6) is 5.75 Å². The standard InChI is InChI=1S/C36H49ClN4O4/c1-23(2)44-34(42)33(45-35(5,6)7)31-25(4)39-22-28(32(31)41-17-14-36(8,9)15-18-41)26-10-13-30(40-21-26)38-16-19-43-29-12-11-27(37)20-24(29)3/h10-13,20-23,33H,14-19H2,1-9H3,(H,38,40)/t33-/m0/s1. The number of aryl methyl sites for hydroxylation is 2. The quantitative estimate of drug-likeness (QED) is 0.166. The Labute approximate surface area is 273 Å². The molecule has 1 aliphatic heterocycles. The highest BCUT2D eigenvalue weighted by molar-refractivity contribution is 6.30. The zero-order chi connectivity index (χ0) is 32.9. The highest BCUT2D eigenvalue weighted by Crippen LogP contribution is 2.43. The predicted molar refractivity (Wildman–Crippen MR) is 182 cm³/mol. The number of ether oxygens (including phenoxy) is 3. The molecule has 244 valence electrons. The maximum absolute atomic E-state index is 13.6. The van der Waals surface area contributed by atoms with E-state index in [1.54, 1.807) is 0 Å². The molecular formula is C36H49ClN4O4. The average Bonchev–Trinajstić information content (AvgIpc) is 2.95. The van der Waals surface area contributed by atoms with Gasteiger partial charge in [0, 0.05) is 52.9 Å². The third-order valence-corrected chi connectivity index (χ3v) is 8.13. The SMILES string of the molecule is Cc1cc(Cl)ccc1OCCNc1ccc(-c2cnc(C)c([C@H](OC(C)(C)C)C(=O)OC(C)C)c2N2CCC(C)(C)CC2)cn1. The number of rotatable bonds is 11. The van der Waals surface area contributed by atoms with Gasteiger partial charge in [0.1, 0.15) is 18.2 Å². The van der Waals surface area contributed by atoms with Crippen molar-refractivity contribution in [2.75, 3.05) is 36.5 Å². The normalized spacial score (nSPS) is 15.6. The monoisotopic (exact) mass is 636 g/mol. The minimum atomic E-state index is -0.928. The number of aromatic nitrogens is 2. The molecule has 1 atom stereocenters. The number of benzene rings is 1. The molecule has 9 heteroatoms. The largest absolute Gasteiger partial charge is 0.491 e. The number of nitrogens with zero attached hydrogens (tertiary/aromatic N) is 3. The van der Waals surface area contributed by atoms with Crippen molar-refractivity contribution in [1.82, 2.24) is 9.97 Å². The van der Waals surface area contributed by atoms with Gasteiger partial charge in [0.25, 0.3) is 0 Å². The zero-order valence-corrected chi connectivity index (χ0v) is 29.0. The number of nitrogens with one attached hydrogen (secondary N) is 1. The van der Waals surface area contributed by atoms with E-state index in [0.29, 0.717) is 18.2 Å². The van der Waals surface area contributed by atoms with Gasteiger partial charge in [-0.1, -0.05) is 25.4 Å². The topological polar surface area (TPSA) is 85.8 Å². The van der Waals surface area contributed by atoms with Crippen LogP contribution in [0.15, 0.2) is 42.7 Å². The lowest BCUT2D eigenvalue weighted by atomic mass is 9.82. The molecule has 0 radical (unpaired) electrons. The van der Waals surface area contributed by atoms with Crippen molar-refractivity contribution in [3.05, 3.63) is 64.6 Å². The molecule has 1 aliphatic rings. The Bertz CT molecular complexity index is 1460. The van der Waals surface area contributed by atoms with Crippen molar-refractivity contribution < 1.29 is 19.0 Å². The highest BCUT2D eigenvalue weighted by atomic mass is 35.5. The Balaban J connectivity index is 1.65. The Kier molecular flexibility index (Phi) is 11.0. The first kappa shape index (κ1) is 34.5.